The van der Waals surface area contributed by atoms with Crippen molar-refractivity contribution in [3.8, 4) is 0 Å². The van der Waals surface area contributed by atoms with Gasteiger partial charge < -0.3 is 11.1 Å². The molecule has 114 valence electrons. The van der Waals surface area contributed by atoms with E-state index in [1.54, 1.807) is 0 Å². The fraction of sp³-hybridized carbons (Fsp3) is 0.933. The first kappa shape index (κ1) is 14.3. The van der Waals surface area contributed by atoms with E-state index in [-0.39, 0.29) is 5.91 Å². The number of hydrogen-bond donors (Lipinski definition) is 2. The number of primary amides is 1. The number of nitrogens with one attached hydrogen (secondary N) is 1. The van der Waals surface area contributed by atoms with Crippen LogP contribution < -0.4 is 11.1 Å². The van der Waals surface area contributed by atoms with E-state index in [1.165, 1.54) is 25.9 Å². The first-order chi connectivity index (χ1) is 9.64. The smallest absolute Gasteiger partial charge is 0.237 e. The fourth-order valence-corrected chi connectivity index (χ4v) is 4.05. The lowest BCUT2D eigenvalue weighted by Gasteiger charge is -2.38. The minimum atomic E-state index is -0.451. The molecular weight excluding hydrogens is 252 g/mol. The number of rotatable bonds is 5. The molecule has 2 atom stereocenters. The number of carbonyl (C=O) groups is 1. The minimum Gasteiger partial charge on any atom is -0.368 e. The van der Waals surface area contributed by atoms with Gasteiger partial charge in [0.2, 0.25) is 5.91 Å². The zero-order chi connectivity index (χ0) is 14.2. The summed E-state index contributed by atoms with van der Waals surface area (Å²) in [6, 6.07) is 1.41. The van der Waals surface area contributed by atoms with Crippen LogP contribution in [0.3, 0.4) is 0 Å². The molecule has 5 heteroatoms. The highest BCUT2D eigenvalue weighted by atomic mass is 16.1. The van der Waals surface area contributed by atoms with Crippen LogP contribution in [0.15, 0.2) is 0 Å². The quantitative estimate of drug-likeness (QED) is 0.753. The van der Waals surface area contributed by atoms with Crippen LogP contribution >= 0.6 is 0 Å². The monoisotopic (exact) mass is 280 g/mol. The van der Waals surface area contributed by atoms with E-state index in [0.29, 0.717) is 6.04 Å². The Labute approximate surface area is 121 Å². The van der Waals surface area contributed by atoms with Gasteiger partial charge in [0.05, 0.1) is 5.54 Å². The van der Waals surface area contributed by atoms with Crippen molar-refractivity contribution in [1.82, 2.24) is 15.1 Å². The zero-order valence-electron chi connectivity index (χ0n) is 12.6. The van der Waals surface area contributed by atoms with Gasteiger partial charge in [-0.3, -0.25) is 14.6 Å². The molecule has 3 aliphatic rings. The second kappa shape index (κ2) is 5.62. The molecule has 0 aromatic heterocycles. The summed E-state index contributed by atoms with van der Waals surface area (Å²) in [6.07, 6.45) is 5.67. The lowest BCUT2D eigenvalue weighted by Crippen LogP contribution is -2.55. The molecule has 1 aliphatic heterocycles. The molecule has 1 saturated heterocycles. The molecule has 1 heterocycles. The summed E-state index contributed by atoms with van der Waals surface area (Å²) in [4.78, 5) is 17.0. The van der Waals surface area contributed by atoms with Crippen LogP contribution in [-0.2, 0) is 4.79 Å². The molecular formula is C15H28N4O. The third-order valence-corrected chi connectivity index (χ3v) is 5.40. The number of carbonyl (C=O) groups excluding carboxylic acids is 1. The van der Waals surface area contributed by atoms with Crippen molar-refractivity contribution in [3.05, 3.63) is 0 Å². The highest BCUT2D eigenvalue weighted by Crippen LogP contribution is 2.34. The molecule has 0 bridgehead atoms. The van der Waals surface area contributed by atoms with Gasteiger partial charge in [-0.2, -0.15) is 0 Å². The second-order valence-electron chi connectivity index (χ2n) is 6.68. The number of hydrogen-bond acceptors (Lipinski definition) is 4. The van der Waals surface area contributed by atoms with Crippen molar-refractivity contribution in [3.63, 3.8) is 0 Å². The van der Waals surface area contributed by atoms with Gasteiger partial charge in [-0.1, -0.05) is 6.92 Å². The highest BCUT2D eigenvalue weighted by molar-refractivity contribution is 5.85. The van der Waals surface area contributed by atoms with E-state index >= 15 is 0 Å². The summed E-state index contributed by atoms with van der Waals surface area (Å²) in [5.41, 5.74) is 5.20. The Balaban J connectivity index is 1.55. The van der Waals surface area contributed by atoms with E-state index in [9.17, 15) is 4.79 Å². The van der Waals surface area contributed by atoms with E-state index in [2.05, 4.69) is 15.1 Å². The Morgan fingerprint density at radius 1 is 1.15 bits per heavy atom. The number of nitrogens with zero attached hydrogens (tertiary/aromatic N) is 2. The molecule has 0 spiro atoms. The Kier molecular flexibility index (Phi) is 4.02. The standard InChI is InChI=1S/C15H28N4O/c1-2-17-15(14(16)20)6-5-13(11-15)19-9-7-18(8-10-19)12-3-4-12/h12-13,17H,2-11H2,1H3,(H2,16,20). The molecule has 2 aliphatic carbocycles. The van der Waals surface area contributed by atoms with E-state index in [0.717, 1.165) is 44.9 Å². The predicted octanol–water partition coefficient (Wildman–Crippen LogP) is 0.153. The van der Waals surface area contributed by atoms with Crippen LogP contribution in [0, 0.1) is 0 Å². The SMILES string of the molecule is CCNC1(C(N)=O)CCC(N2CCN(C3CC3)CC2)C1. The van der Waals surface area contributed by atoms with E-state index in [4.69, 9.17) is 5.73 Å². The number of amides is 1. The van der Waals surface area contributed by atoms with Gasteiger partial charge in [0, 0.05) is 38.3 Å². The van der Waals surface area contributed by atoms with Gasteiger partial charge in [0.15, 0.2) is 0 Å². The van der Waals surface area contributed by atoms with Crippen molar-refractivity contribution in [2.45, 2.75) is 56.7 Å². The van der Waals surface area contributed by atoms with Crippen LogP contribution in [0.1, 0.15) is 39.0 Å². The van der Waals surface area contributed by atoms with Crippen molar-refractivity contribution < 1.29 is 4.79 Å². The number of likely N-dealkylation sites (N-methyl/N-ethyl adjacent to an activating group) is 1. The van der Waals surface area contributed by atoms with Gasteiger partial charge in [0.1, 0.15) is 0 Å². The van der Waals surface area contributed by atoms with Crippen LogP contribution in [0.2, 0.25) is 0 Å². The van der Waals surface area contributed by atoms with Crippen molar-refractivity contribution >= 4 is 5.91 Å². The maximum Gasteiger partial charge on any atom is 0.237 e. The molecule has 0 aromatic rings. The van der Waals surface area contributed by atoms with Crippen LogP contribution in [0.25, 0.3) is 0 Å². The first-order valence-corrected chi connectivity index (χ1v) is 8.17. The summed E-state index contributed by atoms with van der Waals surface area (Å²) in [5.74, 6) is -0.168. The van der Waals surface area contributed by atoms with Crippen molar-refractivity contribution in [2.24, 2.45) is 5.73 Å². The maximum absolute atomic E-state index is 11.8. The van der Waals surface area contributed by atoms with Crippen LogP contribution in [0.5, 0.6) is 0 Å². The maximum atomic E-state index is 11.8. The Morgan fingerprint density at radius 3 is 2.25 bits per heavy atom. The Bertz CT molecular complexity index is 363. The average Bonchev–Trinajstić information content (AvgIpc) is 3.20. The van der Waals surface area contributed by atoms with Crippen LogP contribution in [0.4, 0.5) is 0 Å². The first-order valence-electron chi connectivity index (χ1n) is 8.17. The Morgan fingerprint density at radius 2 is 1.75 bits per heavy atom. The molecule has 2 saturated carbocycles. The predicted molar refractivity (Wildman–Crippen MR) is 79.4 cm³/mol. The number of nitrogens with two attached hydrogens (primary N) is 1. The van der Waals surface area contributed by atoms with Crippen molar-refractivity contribution in [1.29, 1.82) is 0 Å². The molecule has 2 unspecified atom stereocenters. The highest BCUT2D eigenvalue weighted by Gasteiger charge is 2.45. The fourth-order valence-electron chi connectivity index (χ4n) is 4.05. The molecule has 20 heavy (non-hydrogen) atoms. The summed E-state index contributed by atoms with van der Waals surface area (Å²) < 4.78 is 0. The molecule has 1 amide bonds. The zero-order valence-corrected chi connectivity index (χ0v) is 12.6. The minimum absolute atomic E-state index is 0.168. The van der Waals surface area contributed by atoms with Gasteiger partial charge in [-0.25, -0.2) is 0 Å². The topological polar surface area (TPSA) is 61.6 Å². The van der Waals surface area contributed by atoms with Gasteiger partial charge in [-0.15, -0.1) is 0 Å². The molecule has 0 aromatic carbocycles. The third kappa shape index (κ3) is 2.71. The second-order valence-corrected chi connectivity index (χ2v) is 6.68. The molecule has 5 nitrogen and oxygen atoms in total. The summed E-state index contributed by atoms with van der Waals surface area (Å²) in [7, 11) is 0. The summed E-state index contributed by atoms with van der Waals surface area (Å²) >= 11 is 0. The third-order valence-electron chi connectivity index (χ3n) is 5.40. The lowest BCUT2D eigenvalue weighted by molar-refractivity contribution is -0.124. The van der Waals surface area contributed by atoms with Crippen LogP contribution in [-0.4, -0.2) is 66.1 Å². The molecule has 3 N–H and O–H groups in total. The Hall–Kier alpha value is -0.650. The van der Waals surface area contributed by atoms with Gasteiger partial charge in [-0.05, 0) is 38.6 Å². The van der Waals surface area contributed by atoms with Crippen molar-refractivity contribution in [2.75, 3.05) is 32.7 Å². The molecule has 3 rings (SSSR count). The van der Waals surface area contributed by atoms with E-state index < -0.39 is 5.54 Å². The number of piperazine rings is 1. The van der Waals surface area contributed by atoms with Gasteiger partial charge in [0.25, 0.3) is 0 Å². The normalized spacial score (nSPS) is 36.4. The molecule has 0 radical (unpaired) electrons. The lowest BCUT2D eigenvalue weighted by atomic mass is 9.96. The summed E-state index contributed by atoms with van der Waals surface area (Å²) in [5, 5.41) is 3.35. The largest absolute Gasteiger partial charge is 0.368 e. The average molecular weight is 280 g/mol. The van der Waals surface area contributed by atoms with E-state index in [1.807, 2.05) is 6.92 Å². The van der Waals surface area contributed by atoms with Gasteiger partial charge >= 0.3 is 0 Å². The molecule has 3 fully saturated rings. The summed E-state index contributed by atoms with van der Waals surface area (Å²) in [6.45, 7) is 7.57.